The number of hydrogen-bond donors (Lipinski definition) is 1. The van der Waals surface area contributed by atoms with E-state index >= 15 is 0 Å². The summed E-state index contributed by atoms with van der Waals surface area (Å²) in [6.07, 6.45) is 3.17. The summed E-state index contributed by atoms with van der Waals surface area (Å²) in [5.41, 5.74) is 0. The first kappa shape index (κ1) is 16.7. The second-order valence-corrected chi connectivity index (χ2v) is 7.69. The van der Waals surface area contributed by atoms with E-state index < -0.39 is 10.0 Å². The van der Waals surface area contributed by atoms with Crippen molar-refractivity contribution in [2.24, 2.45) is 0 Å². The first-order valence-electron chi connectivity index (χ1n) is 6.91. The lowest BCUT2D eigenvalue weighted by molar-refractivity contribution is 0.0604. The minimum absolute atomic E-state index is 0.144. The van der Waals surface area contributed by atoms with Crippen molar-refractivity contribution in [2.45, 2.75) is 30.8 Å². The summed E-state index contributed by atoms with van der Waals surface area (Å²) in [4.78, 5) is 4.39. The SMILES string of the molecule is CCNc1ncc(Br)cc1S(=O)(=O)N1CCC(OC)CC1. The Kier molecular flexibility index (Phi) is 5.59. The molecule has 0 amide bonds. The predicted molar refractivity (Wildman–Crippen MR) is 84.9 cm³/mol. The fourth-order valence-corrected chi connectivity index (χ4v) is 4.46. The molecule has 118 valence electrons. The number of pyridine rings is 1. The van der Waals surface area contributed by atoms with Gasteiger partial charge in [0.2, 0.25) is 10.0 Å². The molecular formula is C13H20BrN3O3S. The molecule has 21 heavy (non-hydrogen) atoms. The number of nitrogens with zero attached hydrogens (tertiary/aromatic N) is 2. The number of aromatic nitrogens is 1. The molecule has 1 aliphatic rings. The van der Waals surface area contributed by atoms with Crippen LogP contribution in [-0.4, -0.2) is 50.6 Å². The first-order chi connectivity index (χ1) is 9.98. The van der Waals surface area contributed by atoms with Crippen molar-refractivity contribution in [3.8, 4) is 0 Å². The molecule has 2 rings (SSSR count). The predicted octanol–water partition coefficient (Wildman–Crippen LogP) is 2.08. The van der Waals surface area contributed by atoms with Crippen LogP contribution in [0.4, 0.5) is 5.82 Å². The maximum absolute atomic E-state index is 12.8. The van der Waals surface area contributed by atoms with Crippen LogP contribution < -0.4 is 5.32 Å². The van der Waals surface area contributed by atoms with Crippen molar-refractivity contribution in [1.29, 1.82) is 0 Å². The van der Waals surface area contributed by atoms with Crippen LogP contribution in [0.15, 0.2) is 21.6 Å². The van der Waals surface area contributed by atoms with Crippen LogP contribution in [0, 0.1) is 0 Å². The van der Waals surface area contributed by atoms with Crippen LogP contribution in [0.2, 0.25) is 0 Å². The van der Waals surface area contributed by atoms with Crippen LogP contribution in [-0.2, 0) is 14.8 Å². The molecule has 0 atom stereocenters. The summed E-state index contributed by atoms with van der Waals surface area (Å²) in [6, 6.07) is 1.60. The van der Waals surface area contributed by atoms with E-state index in [1.165, 1.54) is 4.31 Å². The molecule has 0 unspecified atom stereocenters. The maximum Gasteiger partial charge on any atom is 0.246 e. The zero-order valence-corrected chi connectivity index (χ0v) is 14.6. The highest BCUT2D eigenvalue weighted by Gasteiger charge is 2.31. The van der Waals surface area contributed by atoms with E-state index in [4.69, 9.17) is 4.74 Å². The summed E-state index contributed by atoms with van der Waals surface area (Å²) in [6.45, 7) is 3.46. The minimum atomic E-state index is -3.55. The zero-order valence-electron chi connectivity index (χ0n) is 12.2. The Morgan fingerprint density at radius 3 is 2.71 bits per heavy atom. The average molecular weight is 378 g/mol. The lowest BCUT2D eigenvalue weighted by Crippen LogP contribution is -2.40. The molecule has 0 aliphatic carbocycles. The Hall–Kier alpha value is -0.700. The molecule has 0 bridgehead atoms. The lowest BCUT2D eigenvalue weighted by atomic mass is 10.1. The largest absolute Gasteiger partial charge is 0.381 e. The molecule has 0 aromatic carbocycles. The van der Waals surface area contributed by atoms with E-state index in [0.29, 0.717) is 42.8 Å². The number of sulfonamides is 1. The Balaban J connectivity index is 2.29. The van der Waals surface area contributed by atoms with E-state index in [0.717, 1.165) is 0 Å². The van der Waals surface area contributed by atoms with E-state index in [1.54, 1.807) is 19.4 Å². The van der Waals surface area contributed by atoms with Gasteiger partial charge >= 0.3 is 0 Å². The number of ether oxygens (including phenoxy) is 1. The number of halogens is 1. The molecule has 1 fully saturated rings. The Labute approximate surface area is 134 Å². The van der Waals surface area contributed by atoms with Crippen LogP contribution in [0.1, 0.15) is 19.8 Å². The number of piperidine rings is 1. The summed E-state index contributed by atoms with van der Waals surface area (Å²) >= 11 is 3.29. The maximum atomic E-state index is 12.8. The second-order valence-electron chi connectivity index (χ2n) is 4.87. The third kappa shape index (κ3) is 3.74. The number of methoxy groups -OCH3 is 1. The molecule has 8 heteroatoms. The van der Waals surface area contributed by atoms with Gasteiger partial charge in [-0.3, -0.25) is 0 Å². The molecule has 2 heterocycles. The van der Waals surface area contributed by atoms with Gasteiger partial charge in [-0.1, -0.05) is 0 Å². The smallest absolute Gasteiger partial charge is 0.246 e. The third-order valence-electron chi connectivity index (χ3n) is 3.52. The zero-order chi connectivity index (χ0) is 15.5. The van der Waals surface area contributed by atoms with Crippen molar-refractivity contribution in [2.75, 3.05) is 32.1 Å². The van der Waals surface area contributed by atoms with Crippen molar-refractivity contribution in [1.82, 2.24) is 9.29 Å². The van der Waals surface area contributed by atoms with Gasteiger partial charge in [0.1, 0.15) is 10.7 Å². The Bertz CT molecular complexity index is 586. The van der Waals surface area contributed by atoms with Gasteiger partial charge in [0, 0.05) is 37.4 Å². The summed E-state index contributed by atoms with van der Waals surface area (Å²) in [5, 5.41) is 3.01. The van der Waals surface area contributed by atoms with E-state index in [-0.39, 0.29) is 11.0 Å². The van der Waals surface area contributed by atoms with Gasteiger partial charge in [-0.2, -0.15) is 4.31 Å². The molecule has 1 aromatic rings. The normalized spacial score (nSPS) is 17.9. The minimum Gasteiger partial charge on any atom is -0.381 e. The molecule has 0 saturated carbocycles. The van der Waals surface area contributed by atoms with Gasteiger partial charge in [0.25, 0.3) is 0 Å². The standard InChI is InChI=1S/C13H20BrN3O3S/c1-3-15-13-12(8-10(14)9-16-13)21(18,19)17-6-4-11(20-2)5-7-17/h8-9,11H,3-7H2,1-2H3,(H,15,16). The first-order valence-corrected chi connectivity index (χ1v) is 9.14. The fraction of sp³-hybridized carbons (Fsp3) is 0.615. The van der Waals surface area contributed by atoms with E-state index in [2.05, 4.69) is 26.2 Å². The Morgan fingerprint density at radius 2 is 2.14 bits per heavy atom. The van der Waals surface area contributed by atoms with Gasteiger partial charge in [-0.05, 0) is 41.8 Å². The molecule has 1 aliphatic heterocycles. The van der Waals surface area contributed by atoms with Crippen LogP contribution in [0.25, 0.3) is 0 Å². The third-order valence-corrected chi connectivity index (χ3v) is 5.86. The molecule has 1 N–H and O–H groups in total. The Morgan fingerprint density at radius 1 is 1.48 bits per heavy atom. The quantitative estimate of drug-likeness (QED) is 0.850. The van der Waals surface area contributed by atoms with Gasteiger partial charge in [-0.15, -0.1) is 0 Å². The highest BCUT2D eigenvalue weighted by Crippen LogP contribution is 2.28. The van der Waals surface area contributed by atoms with Gasteiger partial charge < -0.3 is 10.1 Å². The van der Waals surface area contributed by atoms with Crippen LogP contribution in [0.5, 0.6) is 0 Å². The van der Waals surface area contributed by atoms with Crippen molar-refractivity contribution < 1.29 is 13.2 Å². The topological polar surface area (TPSA) is 71.5 Å². The molecule has 0 spiro atoms. The highest BCUT2D eigenvalue weighted by molar-refractivity contribution is 9.10. The average Bonchev–Trinajstić information content (AvgIpc) is 2.49. The summed E-state index contributed by atoms with van der Waals surface area (Å²) < 4.78 is 33.1. The molecule has 1 saturated heterocycles. The number of anilines is 1. The van der Waals surface area contributed by atoms with Crippen molar-refractivity contribution >= 4 is 31.8 Å². The fourth-order valence-electron chi connectivity index (χ4n) is 2.36. The molecule has 1 aromatic heterocycles. The molecular weight excluding hydrogens is 358 g/mol. The number of hydrogen-bond acceptors (Lipinski definition) is 5. The van der Waals surface area contributed by atoms with Gasteiger partial charge in [-0.25, -0.2) is 13.4 Å². The van der Waals surface area contributed by atoms with Crippen LogP contribution in [0.3, 0.4) is 0 Å². The van der Waals surface area contributed by atoms with Crippen molar-refractivity contribution in [3.05, 3.63) is 16.7 Å². The summed E-state index contributed by atoms with van der Waals surface area (Å²) in [5.74, 6) is 0.398. The number of nitrogens with one attached hydrogen (secondary N) is 1. The van der Waals surface area contributed by atoms with Crippen LogP contribution >= 0.6 is 15.9 Å². The molecule has 0 radical (unpaired) electrons. The van der Waals surface area contributed by atoms with E-state index in [1.807, 2.05) is 6.92 Å². The highest BCUT2D eigenvalue weighted by atomic mass is 79.9. The monoisotopic (exact) mass is 377 g/mol. The van der Waals surface area contributed by atoms with Crippen molar-refractivity contribution in [3.63, 3.8) is 0 Å². The molecule has 6 nitrogen and oxygen atoms in total. The number of rotatable bonds is 5. The van der Waals surface area contributed by atoms with Gasteiger partial charge in [0.15, 0.2) is 0 Å². The second kappa shape index (κ2) is 7.04. The summed E-state index contributed by atoms with van der Waals surface area (Å²) in [7, 11) is -1.88. The van der Waals surface area contributed by atoms with Gasteiger partial charge in [0.05, 0.1) is 6.10 Å². The van der Waals surface area contributed by atoms with E-state index in [9.17, 15) is 8.42 Å². The lowest BCUT2D eigenvalue weighted by Gasteiger charge is -2.30.